The molecular formula is C23H32N4O3. The Morgan fingerprint density at radius 2 is 1.70 bits per heavy atom. The zero-order chi connectivity index (χ0) is 21.5. The summed E-state index contributed by atoms with van der Waals surface area (Å²) in [6, 6.07) is 9.67. The minimum Gasteiger partial charge on any atom is -0.445 e. The molecule has 3 rings (SSSR count). The van der Waals surface area contributed by atoms with Crippen molar-refractivity contribution in [3.63, 3.8) is 0 Å². The number of benzene rings is 1. The molecule has 1 aliphatic heterocycles. The Bertz CT molecular complexity index is 836. The van der Waals surface area contributed by atoms with E-state index >= 15 is 0 Å². The van der Waals surface area contributed by atoms with Crippen LogP contribution in [-0.4, -0.2) is 56.8 Å². The Morgan fingerprint density at radius 3 is 2.33 bits per heavy atom. The van der Waals surface area contributed by atoms with E-state index < -0.39 is 0 Å². The summed E-state index contributed by atoms with van der Waals surface area (Å²) in [5.74, 6) is 0.140. The molecule has 1 fully saturated rings. The number of rotatable bonds is 7. The van der Waals surface area contributed by atoms with Gasteiger partial charge < -0.3 is 14.5 Å². The van der Waals surface area contributed by atoms with Crippen molar-refractivity contribution in [3.8, 4) is 0 Å². The summed E-state index contributed by atoms with van der Waals surface area (Å²) in [5, 5.41) is 4.17. The first-order chi connectivity index (χ1) is 14.5. The van der Waals surface area contributed by atoms with Gasteiger partial charge >= 0.3 is 6.09 Å². The Hall–Kier alpha value is -2.83. The Labute approximate surface area is 178 Å². The molecule has 0 aliphatic carbocycles. The zero-order valence-electron chi connectivity index (χ0n) is 18.2. The number of carbonyl (C=O) groups is 2. The van der Waals surface area contributed by atoms with E-state index in [2.05, 4.69) is 12.0 Å². The van der Waals surface area contributed by atoms with Crippen molar-refractivity contribution in [1.29, 1.82) is 0 Å². The number of hydrogen-bond donors (Lipinski definition) is 0. The van der Waals surface area contributed by atoms with E-state index in [9.17, 15) is 9.59 Å². The van der Waals surface area contributed by atoms with Gasteiger partial charge in [0.1, 0.15) is 6.61 Å². The van der Waals surface area contributed by atoms with Crippen LogP contribution in [0.3, 0.4) is 0 Å². The van der Waals surface area contributed by atoms with Crippen LogP contribution in [0.15, 0.2) is 42.7 Å². The van der Waals surface area contributed by atoms with Crippen LogP contribution in [0.5, 0.6) is 0 Å². The molecule has 2 atom stereocenters. The van der Waals surface area contributed by atoms with Gasteiger partial charge in [-0.25, -0.2) is 4.79 Å². The molecule has 1 aromatic carbocycles. The first kappa shape index (κ1) is 21.9. The first-order valence-corrected chi connectivity index (χ1v) is 10.8. The van der Waals surface area contributed by atoms with Crippen molar-refractivity contribution in [2.75, 3.05) is 13.1 Å². The molecule has 1 aliphatic rings. The average Bonchev–Trinajstić information content (AvgIpc) is 3.20. The molecule has 30 heavy (non-hydrogen) atoms. The molecule has 0 unspecified atom stereocenters. The molecule has 2 heterocycles. The number of aromatic nitrogens is 2. The predicted molar refractivity (Wildman–Crippen MR) is 115 cm³/mol. The summed E-state index contributed by atoms with van der Waals surface area (Å²) >= 11 is 0. The van der Waals surface area contributed by atoms with Crippen LogP contribution >= 0.6 is 0 Å². The molecule has 2 aromatic rings. The number of piperazine rings is 1. The van der Waals surface area contributed by atoms with Crippen LogP contribution < -0.4 is 0 Å². The fraction of sp³-hybridized carbons (Fsp3) is 0.522. The van der Waals surface area contributed by atoms with Crippen LogP contribution in [0, 0.1) is 0 Å². The second-order valence-corrected chi connectivity index (χ2v) is 7.89. The van der Waals surface area contributed by atoms with Gasteiger partial charge in [-0.05, 0) is 30.4 Å². The lowest BCUT2D eigenvalue weighted by atomic mass is 10.0. The van der Waals surface area contributed by atoms with E-state index in [-0.39, 0.29) is 30.7 Å². The number of carbonyl (C=O) groups excluding carboxylic acids is 2. The van der Waals surface area contributed by atoms with Crippen LogP contribution in [0.25, 0.3) is 0 Å². The second-order valence-electron chi connectivity index (χ2n) is 7.89. The second kappa shape index (κ2) is 10.3. The van der Waals surface area contributed by atoms with E-state index in [1.54, 1.807) is 10.9 Å². The maximum Gasteiger partial charge on any atom is 0.410 e. The lowest BCUT2D eigenvalue weighted by Gasteiger charge is -2.45. The van der Waals surface area contributed by atoms with Gasteiger partial charge in [-0.3, -0.25) is 9.48 Å². The third-order valence-electron chi connectivity index (χ3n) is 5.78. The normalized spacial score (nSPS) is 19.0. The summed E-state index contributed by atoms with van der Waals surface area (Å²) in [6.07, 6.45) is 6.17. The molecule has 7 nitrogen and oxygen atoms in total. The summed E-state index contributed by atoms with van der Waals surface area (Å²) in [5.41, 5.74) is 2.03. The highest BCUT2D eigenvalue weighted by atomic mass is 16.6. The number of nitrogens with zero attached hydrogens (tertiary/aromatic N) is 4. The van der Waals surface area contributed by atoms with Crippen LogP contribution in [0.2, 0.25) is 0 Å². The van der Waals surface area contributed by atoms with Crippen molar-refractivity contribution in [3.05, 3.63) is 53.9 Å². The summed E-state index contributed by atoms with van der Waals surface area (Å²) in [4.78, 5) is 29.5. The first-order valence-electron chi connectivity index (χ1n) is 10.8. The minimum absolute atomic E-state index is 0.0125. The third-order valence-corrected chi connectivity index (χ3v) is 5.78. The van der Waals surface area contributed by atoms with E-state index in [0.717, 1.165) is 24.0 Å². The molecule has 0 saturated carbocycles. The summed E-state index contributed by atoms with van der Waals surface area (Å²) < 4.78 is 7.32. The SMILES string of the molecule is CC[C@@H]1CN(C(=O)OCc2ccccc2)[C@@H](CC)CN1C(=O)CCc1cnn(C)c1. The van der Waals surface area contributed by atoms with Crippen molar-refractivity contribution >= 4 is 12.0 Å². The van der Waals surface area contributed by atoms with Gasteiger partial charge in [0.15, 0.2) is 0 Å². The lowest BCUT2D eigenvalue weighted by molar-refractivity contribution is -0.137. The van der Waals surface area contributed by atoms with Crippen molar-refractivity contribution in [2.24, 2.45) is 7.05 Å². The molecule has 7 heteroatoms. The summed E-state index contributed by atoms with van der Waals surface area (Å²) in [6.45, 7) is 5.44. The molecule has 162 valence electrons. The number of ether oxygens (including phenoxy) is 1. The van der Waals surface area contributed by atoms with Gasteiger partial charge in [0.25, 0.3) is 0 Å². The quantitative estimate of drug-likeness (QED) is 0.699. The van der Waals surface area contributed by atoms with E-state index in [1.165, 1.54) is 0 Å². The van der Waals surface area contributed by atoms with Gasteiger partial charge in [0.2, 0.25) is 5.91 Å². The van der Waals surface area contributed by atoms with E-state index in [0.29, 0.717) is 25.9 Å². The number of amides is 2. The topological polar surface area (TPSA) is 67.7 Å². The standard InChI is InChI=1S/C23H32N4O3/c1-4-20-16-27(23(29)30-17-18-9-7-6-8-10-18)21(5-2)15-26(20)22(28)12-11-19-13-24-25(3)14-19/h6-10,13-14,20-21H,4-5,11-12,15-17H2,1-3H3/t20-,21+/m1/s1. The van der Waals surface area contributed by atoms with Gasteiger partial charge in [0, 0.05) is 38.8 Å². The highest BCUT2D eigenvalue weighted by Gasteiger charge is 2.37. The summed E-state index contributed by atoms with van der Waals surface area (Å²) in [7, 11) is 1.88. The number of aryl methyl sites for hydroxylation is 2. The molecule has 0 spiro atoms. The van der Waals surface area contributed by atoms with E-state index in [4.69, 9.17) is 4.74 Å². The zero-order valence-corrected chi connectivity index (χ0v) is 18.2. The minimum atomic E-state index is -0.299. The predicted octanol–water partition coefficient (Wildman–Crippen LogP) is 3.39. The van der Waals surface area contributed by atoms with Crippen LogP contribution in [0.1, 0.15) is 44.2 Å². The Kier molecular flexibility index (Phi) is 7.49. The largest absolute Gasteiger partial charge is 0.445 e. The van der Waals surface area contributed by atoms with Gasteiger partial charge in [-0.15, -0.1) is 0 Å². The lowest BCUT2D eigenvalue weighted by Crippen LogP contribution is -2.61. The Morgan fingerprint density at radius 1 is 1.03 bits per heavy atom. The van der Waals surface area contributed by atoms with Gasteiger partial charge in [0.05, 0.1) is 12.2 Å². The smallest absolute Gasteiger partial charge is 0.410 e. The molecule has 2 amide bonds. The number of hydrogen-bond acceptors (Lipinski definition) is 4. The molecule has 0 radical (unpaired) electrons. The monoisotopic (exact) mass is 412 g/mol. The maximum absolute atomic E-state index is 13.0. The van der Waals surface area contributed by atoms with Crippen LogP contribution in [-0.2, 0) is 29.6 Å². The maximum atomic E-state index is 13.0. The van der Waals surface area contributed by atoms with Gasteiger partial charge in [-0.1, -0.05) is 44.2 Å². The highest BCUT2D eigenvalue weighted by Crippen LogP contribution is 2.22. The molecule has 1 aromatic heterocycles. The molecular weight excluding hydrogens is 380 g/mol. The van der Waals surface area contributed by atoms with Gasteiger partial charge in [-0.2, -0.15) is 5.10 Å². The molecule has 0 bridgehead atoms. The highest BCUT2D eigenvalue weighted by molar-refractivity contribution is 5.77. The van der Waals surface area contributed by atoms with Crippen molar-refractivity contribution < 1.29 is 14.3 Å². The molecule has 1 saturated heterocycles. The fourth-order valence-corrected chi connectivity index (χ4v) is 3.98. The van der Waals surface area contributed by atoms with Crippen molar-refractivity contribution in [2.45, 2.75) is 58.2 Å². The van der Waals surface area contributed by atoms with Crippen molar-refractivity contribution in [1.82, 2.24) is 19.6 Å². The van der Waals surface area contributed by atoms with E-state index in [1.807, 2.05) is 60.3 Å². The third kappa shape index (κ3) is 5.40. The Balaban J connectivity index is 1.59. The fourth-order valence-electron chi connectivity index (χ4n) is 3.98. The average molecular weight is 413 g/mol. The molecule has 0 N–H and O–H groups in total. The van der Waals surface area contributed by atoms with Crippen LogP contribution in [0.4, 0.5) is 4.79 Å².